The number of carbonyl (C=O) groups is 1. The molecule has 5 nitrogen and oxygen atoms in total. The number of hydrogen-bond acceptors (Lipinski definition) is 5. The van der Waals surface area contributed by atoms with Crippen molar-refractivity contribution in [3.8, 4) is 5.06 Å². The van der Waals surface area contributed by atoms with Gasteiger partial charge in [0.25, 0.3) is 5.06 Å². The fourth-order valence-electron chi connectivity index (χ4n) is 0.964. The highest BCUT2D eigenvalue weighted by molar-refractivity contribution is 7.16. The van der Waals surface area contributed by atoms with E-state index in [9.17, 15) is 14.9 Å². The van der Waals surface area contributed by atoms with Crippen molar-refractivity contribution in [2.45, 2.75) is 26.9 Å². The van der Waals surface area contributed by atoms with Crippen LogP contribution in [0.15, 0.2) is 6.07 Å². The average Bonchev–Trinajstić information content (AvgIpc) is 2.46. The Kier molecular flexibility index (Phi) is 3.41. The maximum absolute atomic E-state index is 11.1. The van der Waals surface area contributed by atoms with Crippen LogP contribution in [0.2, 0.25) is 0 Å². The van der Waals surface area contributed by atoms with Crippen LogP contribution >= 0.6 is 11.3 Å². The summed E-state index contributed by atoms with van der Waals surface area (Å²) in [6.07, 6.45) is -0.151. The van der Waals surface area contributed by atoms with Gasteiger partial charge in [-0.05, 0) is 20.8 Å². The standard InChI is InChI=1S/C9H11NO4S/c1-5(2)14-9-7(10(12)13)4-8(15-9)6(3)11/h4-5H,1-3H3. The molecule has 0 fully saturated rings. The van der Waals surface area contributed by atoms with E-state index in [0.29, 0.717) is 4.88 Å². The Hall–Kier alpha value is -1.43. The number of nitrogens with zero attached hydrogens (tertiary/aromatic N) is 1. The van der Waals surface area contributed by atoms with Gasteiger partial charge in [-0.3, -0.25) is 14.9 Å². The smallest absolute Gasteiger partial charge is 0.323 e. The zero-order chi connectivity index (χ0) is 11.6. The fourth-order valence-corrected chi connectivity index (χ4v) is 1.96. The molecule has 0 aliphatic carbocycles. The first-order valence-corrected chi connectivity index (χ1v) is 5.19. The van der Waals surface area contributed by atoms with Crippen LogP contribution in [0.5, 0.6) is 5.06 Å². The molecule has 0 atom stereocenters. The molecule has 0 saturated carbocycles. The van der Waals surface area contributed by atoms with Gasteiger partial charge < -0.3 is 4.74 Å². The van der Waals surface area contributed by atoms with Crippen LogP contribution < -0.4 is 4.74 Å². The van der Waals surface area contributed by atoms with Crippen molar-refractivity contribution in [1.29, 1.82) is 0 Å². The van der Waals surface area contributed by atoms with Crippen molar-refractivity contribution in [2.24, 2.45) is 0 Å². The second-order valence-electron chi connectivity index (χ2n) is 3.26. The molecule has 0 aromatic carbocycles. The van der Waals surface area contributed by atoms with Crippen LogP contribution in [-0.4, -0.2) is 16.8 Å². The molecule has 82 valence electrons. The van der Waals surface area contributed by atoms with E-state index >= 15 is 0 Å². The Morgan fingerprint density at radius 3 is 2.60 bits per heavy atom. The summed E-state index contributed by atoms with van der Waals surface area (Å²) >= 11 is 1.01. The number of thiophene rings is 1. The average molecular weight is 229 g/mol. The fraction of sp³-hybridized carbons (Fsp3) is 0.444. The van der Waals surface area contributed by atoms with Crippen LogP contribution in [0, 0.1) is 10.1 Å². The summed E-state index contributed by atoms with van der Waals surface area (Å²) in [7, 11) is 0. The van der Waals surface area contributed by atoms with Crippen molar-refractivity contribution >= 4 is 22.8 Å². The molecular formula is C9H11NO4S. The van der Waals surface area contributed by atoms with Gasteiger partial charge in [0.1, 0.15) is 0 Å². The molecule has 0 aliphatic heterocycles. The third-order valence-electron chi connectivity index (χ3n) is 1.57. The largest absolute Gasteiger partial charge is 0.476 e. The van der Waals surface area contributed by atoms with E-state index in [1.807, 2.05) is 0 Å². The van der Waals surface area contributed by atoms with Crippen molar-refractivity contribution in [3.05, 3.63) is 21.1 Å². The molecule has 1 aromatic rings. The number of ether oxygens (including phenoxy) is 1. The summed E-state index contributed by atoms with van der Waals surface area (Å²) in [4.78, 5) is 21.5. The van der Waals surface area contributed by atoms with Crippen LogP contribution in [0.1, 0.15) is 30.4 Å². The first kappa shape index (κ1) is 11.6. The number of carbonyl (C=O) groups excluding carboxylic acids is 1. The maximum atomic E-state index is 11.1. The van der Waals surface area contributed by atoms with E-state index in [2.05, 4.69) is 0 Å². The lowest BCUT2D eigenvalue weighted by molar-refractivity contribution is -0.385. The van der Waals surface area contributed by atoms with Gasteiger partial charge in [-0.2, -0.15) is 0 Å². The second-order valence-corrected chi connectivity index (χ2v) is 4.28. The lowest BCUT2D eigenvalue weighted by atomic mass is 10.3. The van der Waals surface area contributed by atoms with E-state index in [-0.39, 0.29) is 22.6 Å². The SMILES string of the molecule is CC(=O)c1cc([N+](=O)[O-])c(OC(C)C)s1. The van der Waals surface area contributed by atoms with Crippen LogP contribution in [0.4, 0.5) is 5.69 Å². The normalized spacial score (nSPS) is 10.4. The molecule has 0 radical (unpaired) electrons. The summed E-state index contributed by atoms with van der Waals surface area (Å²) in [6, 6.07) is 1.25. The van der Waals surface area contributed by atoms with Gasteiger partial charge in [0, 0.05) is 6.07 Å². The Balaban J connectivity index is 3.11. The minimum atomic E-state index is -0.541. The summed E-state index contributed by atoms with van der Waals surface area (Å²) in [5.41, 5.74) is -0.140. The Morgan fingerprint density at radius 2 is 2.20 bits per heavy atom. The highest BCUT2D eigenvalue weighted by atomic mass is 32.1. The Morgan fingerprint density at radius 1 is 1.60 bits per heavy atom. The summed E-state index contributed by atoms with van der Waals surface area (Å²) in [5.74, 6) is -0.193. The van der Waals surface area contributed by atoms with E-state index < -0.39 is 4.92 Å². The van der Waals surface area contributed by atoms with Gasteiger partial charge in [0.05, 0.1) is 15.9 Å². The van der Waals surface area contributed by atoms with Crippen molar-refractivity contribution < 1.29 is 14.5 Å². The molecule has 0 spiro atoms. The Labute approximate surface area is 90.8 Å². The van der Waals surface area contributed by atoms with Gasteiger partial charge in [0.15, 0.2) is 5.78 Å². The lowest BCUT2D eigenvalue weighted by Gasteiger charge is -2.05. The third-order valence-corrected chi connectivity index (χ3v) is 2.68. The molecule has 15 heavy (non-hydrogen) atoms. The topological polar surface area (TPSA) is 69.4 Å². The first-order chi connectivity index (χ1) is 6.91. The van der Waals surface area contributed by atoms with Gasteiger partial charge in [-0.1, -0.05) is 11.3 Å². The molecule has 6 heteroatoms. The van der Waals surface area contributed by atoms with Crippen LogP contribution in [-0.2, 0) is 0 Å². The maximum Gasteiger partial charge on any atom is 0.323 e. The molecule has 0 amide bonds. The molecule has 0 N–H and O–H groups in total. The second kappa shape index (κ2) is 4.39. The summed E-state index contributed by atoms with van der Waals surface area (Å²) in [5, 5.41) is 10.9. The van der Waals surface area contributed by atoms with Gasteiger partial charge in [-0.25, -0.2) is 0 Å². The molecule has 0 saturated heterocycles. The molecular weight excluding hydrogens is 218 g/mol. The van der Waals surface area contributed by atoms with Gasteiger partial charge in [0.2, 0.25) is 0 Å². The zero-order valence-electron chi connectivity index (χ0n) is 8.64. The van der Waals surface area contributed by atoms with Crippen LogP contribution in [0.25, 0.3) is 0 Å². The van der Waals surface area contributed by atoms with Gasteiger partial charge in [-0.15, -0.1) is 0 Å². The van der Waals surface area contributed by atoms with E-state index in [1.54, 1.807) is 13.8 Å². The predicted molar refractivity (Wildman–Crippen MR) is 56.7 cm³/mol. The minimum absolute atomic E-state index is 0.140. The van der Waals surface area contributed by atoms with Crippen molar-refractivity contribution in [1.82, 2.24) is 0 Å². The van der Waals surface area contributed by atoms with E-state index in [1.165, 1.54) is 13.0 Å². The van der Waals surface area contributed by atoms with Crippen molar-refractivity contribution in [3.63, 3.8) is 0 Å². The lowest BCUT2D eigenvalue weighted by Crippen LogP contribution is -2.05. The molecule has 0 aliphatic rings. The predicted octanol–water partition coefficient (Wildman–Crippen LogP) is 2.65. The van der Waals surface area contributed by atoms with Crippen molar-refractivity contribution in [2.75, 3.05) is 0 Å². The molecule has 1 heterocycles. The highest BCUT2D eigenvalue weighted by Crippen LogP contribution is 2.37. The quantitative estimate of drug-likeness (QED) is 0.452. The molecule has 0 unspecified atom stereocenters. The third kappa shape index (κ3) is 2.76. The highest BCUT2D eigenvalue weighted by Gasteiger charge is 2.22. The monoisotopic (exact) mass is 229 g/mol. The summed E-state index contributed by atoms with van der Waals surface area (Å²) in [6.45, 7) is 4.92. The molecule has 1 aromatic heterocycles. The molecule has 1 rings (SSSR count). The first-order valence-electron chi connectivity index (χ1n) is 4.37. The summed E-state index contributed by atoms with van der Waals surface area (Å²) < 4.78 is 5.26. The number of hydrogen-bond donors (Lipinski definition) is 0. The number of nitro groups is 1. The minimum Gasteiger partial charge on any atom is -0.476 e. The number of ketones is 1. The number of rotatable bonds is 4. The Bertz CT molecular complexity index is 397. The van der Waals surface area contributed by atoms with E-state index in [0.717, 1.165) is 11.3 Å². The number of Topliss-reactive ketones (excluding diaryl/α,β-unsaturated/α-hetero) is 1. The van der Waals surface area contributed by atoms with E-state index in [4.69, 9.17) is 4.74 Å². The van der Waals surface area contributed by atoms with Crippen LogP contribution in [0.3, 0.4) is 0 Å². The van der Waals surface area contributed by atoms with Gasteiger partial charge >= 0.3 is 5.69 Å². The zero-order valence-corrected chi connectivity index (χ0v) is 9.46. The molecule has 0 bridgehead atoms.